The van der Waals surface area contributed by atoms with Crippen molar-refractivity contribution in [3.63, 3.8) is 0 Å². The van der Waals surface area contributed by atoms with Crippen LogP contribution in [-0.2, 0) is 14.3 Å². The van der Waals surface area contributed by atoms with Crippen LogP contribution in [0.25, 0.3) is 0 Å². The number of ether oxygens (including phenoxy) is 1. The quantitative estimate of drug-likeness (QED) is 0.482. The molecule has 4 nitrogen and oxygen atoms in total. The van der Waals surface area contributed by atoms with Crippen molar-refractivity contribution in [2.45, 2.75) is 13.0 Å². The zero-order valence-corrected chi connectivity index (χ0v) is 8.60. The van der Waals surface area contributed by atoms with Gasteiger partial charge >= 0.3 is 11.9 Å². The summed E-state index contributed by atoms with van der Waals surface area (Å²) in [6.07, 6.45) is 2.00. The van der Waals surface area contributed by atoms with Crippen LogP contribution in [0.15, 0.2) is 0 Å². The molecule has 0 bridgehead atoms. The van der Waals surface area contributed by atoms with Crippen molar-refractivity contribution in [3.05, 3.63) is 0 Å². The Morgan fingerprint density at radius 2 is 2.00 bits per heavy atom. The van der Waals surface area contributed by atoms with E-state index in [2.05, 4.69) is 4.74 Å². The maximum absolute atomic E-state index is 10.9. The number of hydrogen-bond acceptors (Lipinski definition) is 5. The van der Waals surface area contributed by atoms with Crippen LogP contribution in [0.4, 0.5) is 0 Å². The first kappa shape index (κ1) is 10.5. The van der Waals surface area contributed by atoms with E-state index in [-0.39, 0.29) is 19.1 Å². The van der Waals surface area contributed by atoms with Gasteiger partial charge in [-0.3, -0.25) is 14.5 Å². The lowest BCUT2D eigenvalue weighted by Gasteiger charge is -2.29. The van der Waals surface area contributed by atoms with E-state index < -0.39 is 11.9 Å². The summed E-state index contributed by atoms with van der Waals surface area (Å²) in [6, 6.07) is 0.242. The van der Waals surface area contributed by atoms with E-state index in [0.29, 0.717) is 0 Å². The molecule has 0 aromatic carbocycles. The van der Waals surface area contributed by atoms with Crippen molar-refractivity contribution in [1.82, 2.24) is 4.90 Å². The first-order valence-electron chi connectivity index (χ1n) is 4.10. The molecule has 1 unspecified atom stereocenters. The van der Waals surface area contributed by atoms with Gasteiger partial charge in [-0.2, -0.15) is 11.8 Å². The van der Waals surface area contributed by atoms with E-state index in [9.17, 15) is 9.59 Å². The van der Waals surface area contributed by atoms with E-state index in [1.807, 2.05) is 18.1 Å². The Balaban J connectivity index is 2.49. The number of carbonyl (C=O) groups excluding carboxylic acids is 2. The molecule has 5 heteroatoms. The number of rotatable bonds is 3. The Hall–Kier alpha value is -0.550. The average Bonchev–Trinajstić information content (AvgIpc) is 2.03. The first-order chi connectivity index (χ1) is 6.13. The zero-order chi connectivity index (χ0) is 9.84. The molecule has 1 rings (SSSR count). The molecule has 1 aliphatic rings. The van der Waals surface area contributed by atoms with Crippen molar-refractivity contribution >= 4 is 23.7 Å². The molecule has 1 heterocycles. The average molecular weight is 203 g/mol. The van der Waals surface area contributed by atoms with Crippen LogP contribution < -0.4 is 0 Å². The molecule has 0 aliphatic carbocycles. The third kappa shape index (κ3) is 3.00. The van der Waals surface area contributed by atoms with Gasteiger partial charge in [0, 0.05) is 11.8 Å². The predicted molar refractivity (Wildman–Crippen MR) is 50.5 cm³/mol. The van der Waals surface area contributed by atoms with Crippen molar-refractivity contribution in [3.8, 4) is 0 Å². The number of carbonyl (C=O) groups is 2. The number of thioether (sulfide) groups is 1. The summed E-state index contributed by atoms with van der Waals surface area (Å²) >= 11 is 1.70. The maximum atomic E-state index is 10.9. The van der Waals surface area contributed by atoms with Gasteiger partial charge in [0.2, 0.25) is 0 Å². The second kappa shape index (κ2) is 4.62. The van der Waals surface area contributed by atoms with E-state index in [0.717, 1.165) is 5.75 Å². The van der Waals surface area contributed by atoms with Crippen LogP contribution in [0.1, 0.15) is 6.92 Å². The summed E-state index contributed by atoms with van der Waals surface area (Å²) < 4.78 is 4.42. The monoisotopic (exact) mass is 203 g/mol. The fraction of sp³-hybridized carbons (Fsp3) is 0.750. The summed E-state index contributed by atoms with van der Waals surface area (Å²) in [5.41, 5.74) is 0. The lowest BCUT2D eigenvalue weighted by molar-refractivity contribution is -0.167. The molecule has 0 aromatic heterocycles. The van der Waals surface area contributed by atoms with Gasteiger partial charge in [-0.25, -0.2) is 0 Å². The second-order valence-electron chi connectivity index (χ2n) is 3.06. The molecular weight excluding hydrogens is 190 g/mol. The predicted octanol–water partition coefficient (Wildman–Crippen LogP) is 0.123. The smallest absolute Gasteiger partial charge is 0.327 e. The largest absolute Gasteiger partial charge is 0.391 e. The molecule has 0 radical (unpaired) electrons. The van der Waals surface area contributed by atoms with Gasteiger partial charge in [0.15, 0.2) is 0 Å². The Morgan fingerprint density at radius 1 is 1.46 bits per heavy atom. The Kier molecular flexibility index (Phi) is 3.74. The van der Waals surface area contributed by atoms with Crippen molar-refractivity contribution < 1.29 is 14.3 Å². The van der Waals surface area contributed by atoms with Gasteiger partial charge in [-0.15, -0.1) is 0 Å². The number of nitrogens with zero attached hydrogens (tertiary/aromatic N) is 1. The molecule has 1 saturated heterocycles. The fourth-order valence-electron chi connectivity index (χ4n) is 1.24. The van der Waals surface area contributed by atoms with Gasteiger partial charge < -0.3 is 4.74 Å². The number of morpholine rings is 1. The Labute approximate surface area is 81.6 Å². The van der Waals surface area contributed by atoms with Crippen molar-refractivity contribution in [2.75, 3.05) is 25.1 Å². The summed E-state index contributed by atoms with van der Waals surface area (Å²) in [4.78, 5) is 23.6. The summed E-state index contributed by atoms with van der Waals surface area (Å²) in [6.45, 7) is 2.46. The van der Waals surface area contributed by atoms with Crippen LogP contribution in [0, 0.1) is 0 Å². The minimum Gasteiger partial charge on any atom is -0.391 e. The highest BCUT2D eigenvalue weighted by Crippen LogP contribution is 2.09. The lowest BCUT2D eigenvalue weighted by Crippen LogP contribution is -2.47. The van der Waals surface area contributed by atoms with Gasteiger partial charge in [-0.05, 0) is 13.2 Å². The summed E-state index contributed by atoms with van der Waals surface area (Å²) in [5.74, 6) is 0.0361. The molecular formula is C8H13NO3S. The Bertz CT molecular complexity index is 203. The number of esters is 2. The molecule has 1 aliphatic heterocycles. The SMILES string of the molecule is CSCC(C)N1CC(=O)OC(=O)C1. The molecule has 0 spiro atoms. The minimum atomic E-state index is -0.441. The van der Waals surface area contributed by atoms with E-state index >= 15 is 0 Å². The van der Waals surface area contributed by atoms with Crippen LogP contribution in [0.3, 0.4) is 0 Å². The topological polar surface area (TPSA) is 46.6 Å². The third-order valence-electron chi connectivity index (χ3n) is 1.92. The molecule has 1 atom stereocenters. The molecule has 0 N–H and O–H groups in total. The van der Waals surface area contributed by atoms with Crippen LogP contribution >= 0.6 is 11.8 Å². The van der Waals surface area contributed by atoms with Gasteiger partial charge in [-0.1, -0.05) is 0 Å². The highest BCUT2D eigenvalue weighted by atomic mass is 32.2. The van der Waals surface area contributed by atoms with Crippen molar-refractivity contribution in [1.29, 1.82) is 0 Å². The number of cyclic esters (lactones) is 2. The molecule has 74 valence electrons. The standard InChI is InChI=1S/C8H13NO3S/c1-6(5-13-2)9-3-7(10)12-8(11)4-9/h6H,3-5H2,1-2H3. The molecule has 13 heavy (non-hydrogen) atoms. The zero-order valence-electron chi connectivity index (χ0n) is 7.78. The third-order valence-corrected chi connectivity index (χ3v) is 2.74. The lowest BCUT2D eigenvalue weighted by atomic mass is 10.3. The molecule has 1 fully saturated rings. The normalized spacial score (nSPS) is 21.4. The highest BCUT2D eigenvalue weighted by Gasteiger charge is 2.27. The van der Waals surface area contributed by atoms with Gasteiger partial charge in [0.1, 0.15) is 0 Å². The second-order valence-corrected chi connectivity index (χ2v) is 3.97. The fourth-order valence-corrected chi connectivity index (χ4v) is 1.93. The number of hydrogen-bond donors (Lipinski definition) is 0. The summed E-state index contributed by atoms with van der Waals surface area (Å²) in [5, 5.41) is 0. The molecule has 0 saturated carbocycles. The summed E-state index contributed by atoms with van der Waals surface area (Å²) in [7, 11) is 0. The molecule has 0 amide bonds. The minimum absolute atomic E-state index is 0.230. The maximum Gasteiger partial charge on any atom is 0.327 e. The highest BCUT2D eigenvalue weighted by molar-refractivity contribution is 7.98. The van der Waals surface area contributed by atoms with Crippen LogP contribution in [-0.4, -0.2) is 48.0 Å². The van der Waals surface area contributed by atoms with E-state index in [1.54, 1.807) is 11.8 Å². The van der Waals surface area contributed by atoms with Crippen LogP contribution in [0.2, 0.25) is 0 Å². The van der Waals surface area contributed by atoms with Gasteiger partial charge in [0.05, 0.1) is 13.1 Å². The van der Waals surface area contributed by atoms with E-state index in [4.69, 9.17) is 0 Å². The Morgan fingerprint density at radius 3 is 2.46 bits per heavy atom. The van der Waals surface area contributed by atoms with Gasteiger partial charge in [0.25, 0.3) is 0 Å². The van der Waals surface area contributed by atoms with Crippen molar-refractivity contribution in [2.24, 2.45) is 0 Å². The first-order valence-corrected chi connectivity index (χ1v) is 5.49. The van der Waals surface area contributed by atoms with Crippen LogP contribution in [0.5, 0.6) is 0 Å². The van der Waals surface area contributed by atoms with E-state index in [1.165, 1.54) is 0 Å². The molecule has 0 aromatic rings.